The van der Waals surface area contributed by atoms with Gasteiger partial charge in [-0.05, 0) is 77.2 Å². The molecule has 1 aliphatic heterocycles. The molecular formula is C23H20ClN3O4S2. The average molecular weight is 502 g/mol. The molecule has 0 aliphatic carbocycles. The smallest absolute Gasteiger partial charge is 0.245 e. The van der Waals surface area contributed by atoms with Gasteiger partial charge < -0.3 is 4.74 Å². The highest BCUT2D eigenvalue weighted by molar-refractivity contribution is 7.99. The first kappa shape index (κ1) is 22.2. The van der Waals surface area contributed by atoms with E-state index < -0.39 is 10.0 Å². The Balaban J connectivity index is 1.47. The molecule has 4 aromatic rings. The monoisotopic (exact) mass is 501 g/mol. The van der Waals surface area contributed by atoms with Crippen LogP contribution in [0.5, 0.6) is 5.75 Å². The van der Waals surface area contributed by atoms with Crippen LogP contribution < -0.4 is 4.74 Å². The molecule has 0 unspecified atom stereocenters. The largest absolute Gasteiger partial charge is 0.494 e. The molecule has 10 heteroatoms. The fourth-order valence-electron chi connectivity index (χ4n) is 3.88. The zero-order chi connectivity index (χ0) is 23.0. The van der Waals surface area contributed by atoms with Crippen molar-refractivity contribution in [1.82, 2.24) is 14.6 Å². The van der Waals surface area contributed by atoms with Crippen molar-refractivity contribution in [3.8, 4) is 5.75 Å². The van der Waals surface area contributed by atoms with Gasteiger partial charge in [-0.25, -0.2) is 13.0 Å². The summed E-state index contributed by atoms with van der Waals surface area (Å²) in [6.07, 6.45) is 0.621. The summed E-state index contributed by atoms with van der Waals surface area (Å²) in [5.41, 5.74) is 2.65. The molecule has 3 aromatic carbocycles. The summed E-state index contributed by atoms with van der Waals surface area (Å²) in [7, 11) is -3.82. The van der Waals surface area contributed by atoms with Crippen molar-refractivity contribution < 1.29 is 17.8 Å². The quantitative estimate of drug-likeness (QED) is 0.360. The topological polar surface area (TPSA) is 85.5 Å². The van der Waals surface area contributed by atoms with E-state index >= 15 is 0 Å². The van der Waals surface area contributed by atoms with E-state index in [1.54, 1.807) is 12.1 Å². The van der Waals surface area contributed by atoms with Crippen LogP contribution in [0.4, 0.5) is 0 Å². The van der Waals surface area contributed by atoms with Gasteiger partial charge in [-0.2, -0.15) is 4.31 Å². The molecule has 5 rings (SSSR count). The van der Waals surface area contributed by atoms with Crippen molar-refractivity contribution in [2.75, 3.05) is 13.2 Å². The minimum atomic E-state index is -3.82. The van der Waals surface area contributed by atoms with Gasteiger partial charge in [0.15, 0.2) is 11.0 Å². The maximum Gasteiger partial charge on any atom is 0.245 e. The van der Waals surface area contributed by atoms with Gasteiger partial charge >= 0.3 is 0 Å². The molecule has 170 valence electrons. The Morgan fingerprint density at radius 1 is 1.09 bits per heavy atom. The van der Waals surface area contributed by atoms with E-state index in [0.29, 0.717) is 30.1 Å². The summed E-state index contributed by atoms with van der Waals surface area (Å²) < 4.78 is 39.1. The summed E-state index contributed by atoms with van der Waals surface area (Å²) in [6, 6.07) is 16.6. The Morgan fingerprint density at radius 2 is 1.94 bits per heavy atom. The fraction of sp³-hybridized carbons (Fsp3) is 0.217. The van der Waals surface area contributed by atoms with Crippen LogP contribution in [0.2, 0.25) is 5.02 Å². The van der Waals surface area contributed by atoms with E-state index in [1.807, 2.05) is 49.4 Å². The van der Waals surface area contributed by atoms with Crippen molar-refractivity contribution in [3.63, 3.8) is 0 Å². The molecule has 0 N–H and O–H groups in total. The highest BCUT2D eigenvalue weighted by atomic mass is 35.5. The Hall–Kier alpha value is -2.59. The molecule has 0 spiro atoms. The lowest BCUT2D eigenvalue weighted by molar-refractivity contribution is 0.314. The molecule has 0 bridgehead atoms. The van der Waals surface area contributed by atoms with E-state index in [4.69, 9.17) is 21.0 Å². The predicted molar refractivity (Wildman–Crippen MR) is 126 cm³/mol. The third-order valence-electron chi connectivity index (χ3n) is 5.45. The zero-order valence-corrected chi connectivity index (χ0v) is 20.1. The van der Waals surface area contributed by atoms with Gasteiger partial charge in [-0.3, -0.25) is 0 Å². The van der Waals surface area contributed by atoms with Crippen LogP contribution >= 0.6 is 23.4 Å². The number of halogens is 1. The zero-order valence-electron chi connectivity index (χ0n) is 17.7. The molecule has 0 atom stereocenters. The van der Waals surface area contributed by atoms with Crippen LogP contribution in [0.25, 0.3) is 11.0 Å². The van der Waals surface area contributed by atoms with E-state index in [2.05, 4.69) is 10.3 Å². The van der Waals surface area contributed by atoms with Crippen molar-refractivity contribution in [1.29, 1.82) is 0 Å². The Labute approximate surface area is 200 Å². The summed E-state index contributed by atoms with van der Waals surface area (Å²) in [5, 5.41) is 8.53. The Morgan fingerprint density at radius 3 is 2.79 bits per heavy atom. The first-order valence-electron chi connectivity index (χ1n) is 10.4. The van der Waals surface area contributed by atoms with Gasteiger partial charge in [0.25, 0.3) is 0 Å². The third kappa shape index (κ3) is 4.33. The number of hydrogen-bond acceptors (Lipinski definition) is 7. The molecule has 0 saturated carbocycles. The highest BCUT2D eigenvalue weighted by Gasteiger charge is 2.31. The molecule has 0 amide bonds. The Bertz CT molecular complexity index is 1440. The molecule has 7 nitrogen and oxygen atoms in total. The Kier molecular flexibility index (Phi) is 6.05. The van der Waals surface area contributed by atoms with Crippen LogP contribution in [0.3, 0.4) is 0 Å². The number of rotatable bonds is 6. The molecule has 2 heterocycles. The van der Waals surface area contributed by atoms with Crippen molar-refractivity contribution in [3.05, 3.63) is 70.7 Å². The molecule has 0 saturated heterocycles. The van der Waals surface area contributed by atoms with Crippen molar-refractivity contribution in [2.45, 2.75) is 34.6 Å². The lowest BCUT2D eigenvalue weighted by Crippen LogP contribution is -2.36. The van der Waals surface area contributed by atoms with E-state index in [0.717, 1.165) is 26.7 Å². The second-order valence-electron chi connectivity index (χ2n) is 7.53. The third-order valence-corrected chi connectivity index (χ3v) is 8.60. The van der Waals surface area contributed by atoms with E-state index in [1.165, 1.54) is 16.1 Å². The number of nitrogens with zero attached hydrogens (tertiary/aromatic N) is 3. The van der Waals surface area contributed by atoms with Crippen LogP contribution in [0.1, 0.15) is 18.1 Å². The number of hydrogen-bond donors (Lipinski definition) is 0. The second-order valence-corrected chi connectivity index (χ2v) is 11.0. The average Bonchev–Trinajstić information content (AvgIpc) is 3.29. The summed E-state index contributed by atoms with van der Waals surface area (Å²) in [4.78, 5) is 1.76. The van der Waals surface area contributed by atoms with Gasteiger partial charge in [0.05, 0.1) is 6.61 Å². The van der Waals surface area contributed by atoms with Crippen LogP contribution in [0, 0.1) is 0 Å². The number of benzene rings is 3. The molecular weight excluding hydrogens is 482 g/mol. The van der Waals surface area contributed by atoms with Gasteiger partial charge in [0.1, 0.15) is 10.6 Å². The summed E-state index contributed by atoms with van der Waals surface area (Å²) in [6.45, 7) is 3.14. The SMILES string of the molecule is CCOc1cccc(Sc2ccc(S(=O)(=O)N3CCc4ccc(Cl)cc4C3)c3nonc23)c1. The minimum absolute atomic E-state index is 0.0802. The van der Waals surface area contributed by atoms with Crippen LogP contribution in [-0.4, -0.2) is 36.2 Å². The summed E-state index contributed by atoms with van der Waals surface area (Å²) >= 11 is 7.56. The van der Waals surface area contributed by atoms with Crippen molar-refractivity contribution >= 4 is 44.4 Å². The number of sulfonamides is 1. The van der Waals surface area contributed by atoms with E-state index in [-0.39, 0.29) is 17.0 Å². The molecule has 33 heavy (non-hydrogen) atoms. The molecule has 1 aromatic heterocycles. The normalized spacial score (nSPS) is 14.4. The van der Waals surface area contributed by atoms with Gasteiger partial charge in [-0.1, -0.05) is 35.5 Å². The van der Waals surface area contributed by atoms with Crippen LogP contribution in [0.15, 0.2) is 73.9 Å². The van der Waals surface area contributed by atoms with Gasteiger partial charge in [-0.15, -0.1) is 0 Å². The van der Waals surface area contributed by atoms with Crippen molar-refractivity contribution in [2.24, 2.45) is 0 Å². The van der Waals surface area contributed by atoms with Crippen LogP contribution in [-0.2, 0) is 23.0 Å². The molecule has 1 aliphatic rings. The summed E-state index contributed by atoms with van der Waals surface area (Å²) in [5.74, 6) is 0.765. The second kappa shape index (κ2) is 8.98. The maximum absolute atomic E-state index is 13.5. The molecule has 0 radical (unpaired) electrons. The molecule has 0 fully saturated rings. The maximum atomic E-state index is 13.5. The predicted octanol–water partition coefficient (Wildman–Crippen LogP) is 5.17. The fourth-order valence-corrected chi connectivity index (χ4v) is 6.55. The number of ether oxygens (including phenoxy) is 1. The first-order valence-corrected chi connectivity index (χ1v) is 13.0. The van der Waals surface area contributed by atoms with E-state index in [9.17, 15) is 8.42 Å². The standard InChI is InChI=1S/C23H20ClN3O4S2/c1-2-30-18-4-3-5-19(13-18)32-20-8-9-21(23-22(20)25-31-26-23)33(28,29)27-11-10-15-6-7-17(24)12-16(15)14-27/h3-9,12-13H,2,10-11,14H2,1H3. The number of aromatic nitrogens is 2. The minimum Gasteiger partial charge on any atom is -0.494 e. The lowest BCUT2D eigenvalue weighted by atomic mass is 10.0. The first-order chi connectivity index (χ1) is 16.0. The number of fused-ring (bicyclic) bond motifs is 2. The van der Waals surface area contributed by atoms with Gasteiger partial charge in [0.2, 0.25) is 10.0 Å². The highest BCUT2D eigenvalue weighted by Crippen LogP contribution is 2.37. The van der Waals surface area contributed by atoms with Gasteiger partial charge in [0, 0.05) is 27.9 Å². The lowest BCUT2D eigenvalue weighted by Gasteiger charge is -2.28.